The zero-order valence-corrected chi connectivity index (χ0v) is 11.5. The van der Waals surface area contributed by atoms with Crippen LogP contribution in [0, 0.1) is 5.82 Å². The summed E-state index contributed by atoms with van der Waals surface area (Å²) in [6.07, 6.45) is 4.96. The third-order valence-electron chi connectivity index (χ3n) is 3.89. The average molecular weight is 271 g/mol. The lowest BCUT2D eigenvalue weighted by Crippen LogP contribution is -2.37. The summed E-state index contributed by atoms with van der Waals surface area (Å²) in [4.78, 5) is 2.28. The number of rotatable bonds is 4. The molecule has 0 radical (unpaired) electrons. The van der Waals surface area contributed by atoms with Gasteiger partial charge in [-0.1, -0.05) is 24.4 Å². The number of likely N-dealkylation sites (N-methyl/N-ethyl adjacent to an activating group) is 1. The second kappa shape index (κ2) is 6.00. The maximum Gasteiger partial charge on any atom is 0.125 e. The second-order valence-electron chi connectivity index (χ2n) is 5.06. The molecule has 1 aliphatic rings. The molecule has 1 atom stereocenters. The fourth-order valence-corrected chi connectivity index (χ4v) is 3.10. The van der Waals surface area contributed by atoms with Crippen molar-refractivity contribution >= 4 is 11.6 Å². The number of benzene rings is 1. The topological polar surface area (TPSA) is 29.3 Å². The highest BCUT2D eigenvalue weighted by Gasteiger charge is 2.26. The molecular weight excluding hydrogens is 251 g/mol. The molecule has 2 N–H and O–H groups in total. The molecule has 0 heterocycles. The zero-order chi connectivity index (χ0) is 13.1. The molecule has 4 heteroatoms. The Morgan fingerprint density at radius 2 is 2.06 bits per heavy atom. The maximum atomic E-state index is 13.4. The van der Waals surface area contributed by atoms with Gasteiger partial charge in [0.05, 0.1) is 0 Å². The van der Waals surface area contributed by atoms with E-state index in [0.29, 0.717) is 17.6 Å². The van der Waals surface area contributed by atoms with Gasteiger partial charge in [-0.2, -0.15) is 0 Å². The van der Waals surface area contributed by atoms with E-state index >= 15 is 0 Å². The maximum absolute atomic E-state index is 13.4. The van der Waals surface area contributed by atoms with Crippen LogP contribution >= 0.6 is 11.6 Å². The third-order valence-corrected chi connectivity index (χ3v) is 4.10. The quantitative estimate of drug-likeness (QED) is 0.909. The Morgan fingerprint density at radius 1 is 1.39 bits per heavy atom. The lowest BCUT2D eigenvalue weighted by molar-refractivity contribution is 0.179. The summed E-state index contributed by atoms with van der Waals surface area (Å²) in [6.45, 7) is 0.479. The molecule has 2 nitrogen and oxygen atoms in total. The van der Waals surface area contributed by atoms with E-state index in [9.17, 15) is 4.39 Å². The molecule has 1 fully saturated rings. The summed E-state index contributed by atoms with van der Waals surface area (Å²) in [5.74, 6) is -0.296. The molecule has 0 bridgehead atoms. The molecule has 1 unspecified atom stereocenters. The number of hydrogen-bond acceptors (Lipinski definition) is 2. The Labute approximate surface area is 113 Å². The summed E-state index contributed by atoms with van der Waals surface area (Å²) < 4.78 is 13.4. The van der Waals surface area contributed by atoms with Gasteiger partial charge in [-0.15, -0.1) is 0 Å². The molecule has 1 aromatic carbocycles. The van der Waals surface area contributed by atoms with Crippen molar-refractivity contribution in [1.82, 2.24) is 4.90 Å². The SMILES string of the molecule is CN(C1CCCC1)C(CN)c1cc(F)cc(Cl)c1. The molecule has 0 aliphatic heterocycles. The van der Waals surface area contributed by atoms with Gasteiger partial charge in [-0.25, -0.2) is 4.39 Å². The minimum Gasteiger partial charge on any atom is -0.329 e. The first-order valence-corrected chi connectivity index (χ1v) is 6.87. The summed E-state index contributed by atoms with van der Waals surface area (Å²) >= 11 is 5.92. The number of nitrogens with two attached hydrogens (primary N) is 1. The molecule has 0 amide bonds. The van der Waals surface area contributed by atoms with E-state index in [4.69, 9.17) is 17.3 Å². The monoisotopic (exact) mass is 270 g/mol. The summed E-state index contributed by atoms with van der Waals surface area (Å²) in [5.41, 5.74) is 6.74. The van der Waals surface area contributed by atoms with E-state index in [2.05, 4.69) is 11.9 Å². The van der Waals surface area contributed by atoms with Crippen molar-refractivity contribution in [2.75, 3.05) is 13.6 Å². The van der Waals surface area contributed by atoms with Gasteiger partial charge in [-0.05, 0) is 43.7 Å². The Balaban J connectivity index is 2.20. The van der Waals surface area contributed by atoms with E-state index in [1.165, 1.54) is 37.8 Å². The van der Waals surface area contributed by atoms with E-state index < -0.39 is 0 Å². The molecule has 0 saturated heterocycles. The summed E-state index contributed by atoms with van der Waals surface area (Å²) in [7, 11) is 2.08. The van der Waals surface area contributed by atoms with Crippen LogP contribution < -0.4 is 5.73 Å². The van der Waals surface area contributed by atoms with Crippen molar-refractivity contribution in [3.05, 3.63) is 34.6 Å². The van der Waals surface area contributed by atoms with Crippen LogP contribution in [0.4, 0.5) is 4.39 Å². The van der Waals surface area contributed by atoms with E-state index in [1.54, 1.807) is 0 Å². The zero-order valence-electron chi connectivity index (χ0n) is 10.7. The van der Waals surface area contributed by atoms with Crippen molar-refractivity contribution in [2.45, 2.75) is 37.8 Å². The van der Waals surface area contributed by atoms with Crippen molar-refractivity contribution in [2.24, 2.45) is 5.73 Å². The first-order chi connectivity index (χ1) is 8.61. The fourth-order valence-electron chi connectivity index (χ4n) is 2.87. The summed E-state index contributed by atoms with van der Waals surface area (Å²) in [5, 5.41) is 0.434. The van der Waals surface area contributed by atoms with Crippen LogP contribution in [-0.4, -0.2) is 24.5 Å². The first kappa shape index (κ1) is 13.8. The van der Waals surface area contributed by atoms with Crippen LogP contribution in [0.25, 0.3) is 0 Å². The number of nitrogens with zero attached hydrogens (tertiary/aromatic N) is 1. The summed E-state index contributed by atoms with van der Waals surface area (Å²) in [6, 6.07) is 5.28. The van der Waals surface area contributed by atoms with Crippen molar-refractivity contribution in [3.63, 3.8) is 0 Å². The average Bonchev–Trinajstić information content (AvgIpc) is 2.81. The molecule has 1 saturated carbocycles. The van der Waals surface area contributed by atoms with Gasteiger partial charge in [0.15, 0.2) is 0 Å². The molecule has 0 aromatic heterocycles. The molecule has 1 aliphatic carbocycles. The molecule has 2 rings (SSSR count). The van der Waals surface area contributed by atoms with E-state index in [0.717, 1.165) is 5.56 Å². The van der Waals surface area contributed by atoms with E-state index in [-0.39, 0.29) is 11.9 Å². The predicted octanol–water partition coefficient (Wildman–Crippen LogP) is 3.35. The third kappa shape index (κ3) is 3.02. The first-order valence-electron chi connectivity index (χ1n) is 6.50. The van der Waals surface area contributed by atoms with Gasteiger partial charge in [0.1, 0.15) is 5.82 Å². The van der Waals surface area contributed by atoms with Crippen LogP contribution in [0.15, 0.2) is 18.2 Å². The van der Waals surface area contributed by atoms with Crippen LogP contribution in [-0.2, 0) is 0 Å². The van der Waals surface area contributed by atoms with Crippen molar-refractivity contribution in [1.29, 1.82) is 0 Å². The van der Waals surface area contributed by atoms with Gasteiger partial charge in [-0.3, -0.25) is 4.90 Å². The highest BCUT2D eigenvalue weighted by molar-refractivity contribution is 6.30. The van der Waals surface area contributed by atoms with Crippen LogP contribution in [0.3, 0.4) is 0 Å². The Bertz CT molecular complexity index is 385. The standard InChI is InChI=1S/C14H20ClFN2/c1-18(13-4-2-3-5-13)14(9-17)10-6-11(15)8-12(16)7-10/h6-8,13-14H,2-5,9,17H2,1H3. The Morgan fingerprint density at radius 3 is 2.61 bits per heavy atom. The van der Waals surface area contributed by atoms with Crippen molar-refractivity contribution in [3.8, 4) is 0 Å². The minimum atomic E-state index is -0.296. The molecule has 100 valence electrons. The largest absolute Gasteiger partial charge is 0.329 e. The minimum absolute atomic E-state index is 0.0429. The van der Waals surface area contributed by atoms with Gasteiger partial charge in [0, 0.05) is 23.7 Å². The Kier molecular flexibility index (Phi) is 4.60. The molecule has 18 heavy (non-hydrogen) atoms. The van der Waals surface area contributed by atoms with Gasteiger partial charge in [0.25, 0.3) is 0 Å². The van der Waals surface area contributed by atoms with E-state index in [1.807, 2.05) is 6.07 Å². The van der Waals surface area contributed by atoms with Crippen LogP contribution in [0.1, 0.15) is 37.3 Å². The molecular formula is C14H20ClFN2. The van der Waals surface area contributed by atoms with Gasteiger partial charge in [0.2, 0.25) is 0 Å². The highest BCUT2D eigenvalue weighted by atomic mass is 35.5. The normalized spacial score (nSPS) is 18.5. The Hall–Kier alpha value is -0.640. The van der Waals surface area contributed by atoms with Crippen LogP contribution in [0.2, 0.25) is 5.02 Å². The lowest BCUT2D eigenvalue weighted by Gasteiger charge is -2.32. The molecule has 1 aromatic rings. The molecule has 0 spiro atoms. The number of halogens is 2. The highest BCUT2D eigenvalue weighted by Crippen LogP contribution is 2.30. The predicted molar refractivity (Wildman–Crippen MR) is 73.2 cm³/mol. The van der Waals surface area contributed by atoms with Gasteiger partial charge >= 0.3 is 0 Å². The second-order valence-corrected chi connectivity index (χ2v) is 5.49. The van der Waals surface area contributed by atoms with Crippen molar-refractivity contribution < 1.29 is 4.39 Å². The van der Waals surface area contributed by atoms with Gasteiger partial charge < -0.3 is 5.73 Å². The number of hydrogen-bond donors (Lipinski definition) is 1. The lowest BCUT2D eigenvalue weighted by atomic mass is 10.0. The fraction of sp³-hybridized carbons (Fsp3) is 0.571. The van der Waals surface area contributed by atoms with Crippen LogP contribution in [0.5, 0.6) is 0 Å². The smallest absolute Gasteiger partial charge is 0.125 e.